The third kappa shape index (κ3) is 4.39. The molecule has 2 aliphatic rings. The van der Waals surface area contributed by atoms with Gasteiger partial charge in [-0.05, 0) is 25.0 Å². The van der Waals surface area contributed by atoms with Crippen molar-refractivity contribution < 1.29 is 19.0 Å². The van der Waals surface area contributed by atoms with Crippen molar-refractivity contribution >= 4 is 5.69 Å². The smallest absolute Gasteiger partial charge is 0.129 e. The minimum absolute atomic E-state index is 0.330. The highest BCUT2D eigenvalue weighted by Crippen LogP contribution is 2.35. The summed E-state index contributed by atoms with van der Waals surface area (Å²) in [5.74, 6) is 0.549. The molecule has 2 aliphatic heterocycles. The van der Waals surface area contributed by atoms with Crippen LogP contribution in [0.4, 0.5) is 10.1 Å². The summed E-state index contributed by atoms with van der Waals surface area (Å²) < 4.78 is 25.2. The molecule has 0 unspecified atom stereocenters. The van der Waals surface area contributed by atoms with Gasteiger partial charge in [0.1, 0.15) is 11.6 Å². The van der Waals surface area contributed by atoms with Gasteiger partial charge in [-0.2, -0.15) is 0 Å². The molecule has 2 saturated heterocycles. The lowest BCUT2D eigenvalue weighted by molar-refractivity contribution is -0.0303. The lowest BCUT2D eigenvalue weighted by Gasteiger charge is -2.38. The van der Waals surface area contributed by atoms with E-state index in [0.29, 0.717) is 31.5 Å². The lowest BCUT2D eigenvalue weighted by atomic mass is 9.84. The van der Waals surface area contributed by atoms with Gasteiger partial charge in [0.2, 0.25) is 0 Å². The molecular formula is C23H29FN2O3. The zero-order valence-electron chi connectivity index (χ0n) is 16.9. The first kappa shape index (κ1) is 20.1. The number of piperidine rings is 1. The molecule has 2 aromatic rings. The average molecular weight is 400 g/mol. The van der Waals surface area contributed by atoms with Crippen LogP contribution in [0.25, 0.3) is 0 Å². The maximum Gasteiger partial charge on any atom is 0.129 e. The fourth-order valence-electron chi connectivity index (χ4n) is 4.31. The van der Waals surface area contributed by atoms with Crippen LogP contribution in [0.3, 0.4) is 0 Å². The van der Waals surface area contributed by atoms with Gasteiger partial charge in [-0.15, -0.1) is 0 Å². The van der Waals surface area contributed by atoms with Crippen LogP contribution >= 0.6 is 0 Å². The van der Waals surface area contributed by atoms with E-state index in [0.717, 1.165) is 49.8 Å². The van der Waals surface area contributed by atoms with Crippen LogP contribution in [0, 0.1) is 5.82 Å². The van der Waals surface area contributed by atoms with Crippen molar-refractivity contribution in [3.63, 3.8) is 0 Å². The Morgan fingerprint density at radius 3 is 2.48 bits per heavy atom. The fourth-order valence-corrected chi connectivity index (χ4v) is 4.31. The first-order chi connectivity index (χ1) is 14.1. The number of nitrogens with zero attached hydrogens (tertiary/aromatic N) is 2. The Bertz CT molecular complexity index is 831. The summed E-state index contributed by atoms with van der Waals surface area (Å²) in [5, 5.41) is 11.0. The van der Waals surface area contributed by atoms with Crippen molar-refractivity contribution in [1.82, 2.24) is 4.90 Å². The summed E-state index contributed by atoms with van der Waals surface area (Å²) in [6.45, 7) is 5.45. The number of hydrogen-bond acceptors (Lipinski definition) is 5. The zero-order valence-corrected chi connectivity index (χ0v) is 16.9. The van der Waals surface area contributed by atoms with E-state index in [-0.39, 0.29) is 5.82 Å². The summed E-state index contributed by atoms with van der Waals surface area (Å²) in [6.07, 6.45) is 1.03. The van der Waals surface area contributed by atoms with E-state index < -0.39 is 5.60 Å². The van der Waals surface area contributed by atoms with Gasteiger partial charge in [-0.25, -0.2) is 4.39 Å². The molecule has 0 aromatic heterocycles. The number of morpholine rings is 1. The molecule has 2 aromatic carbocycles. The van der Waals surface area contributed by atoms with Crippen molar-refractivity contribution in [3.05, 3.63) is 59.4 Å². The number of hydrogen-bond donors (Lipinski definition) is 1. The Kier molecular flexibility index (Phi) is 6.04. The van der Waals surface area contributed by atoms with Crippen molar-refractivity contribution in [3.8, 4) is 5.75 Å². The zero-order chi connectivity index (χ0) is 20.3. The third-order valence-corrected chi connectivity index (χ3v) is 6.10. The highest BCUT2D eigenvalue weighted by atomic mass is 19.1. The number of halogens is 1. The minimum atomic E-state index is -1.09. The van der Waals surface area contributed by atoms with Gasteiger partial charge in [-0.1, -0.05) is 24.3 Å². The number of methoxy groups -OCH3 is 1. The second-order valence-electron chi connectivity index (χ2n) is 7.88. The first-order valence-corrected chi connectivity index (χ1v) is 10.3. The number of aliphatic hydroxyl groups is 1. The predicted molar refractivity (Wildman–Crippen MR) is 111 cm³/mol. The number of rotatable bonds is 5. The van der Waals surface area contributed by atoms with E-state index in [4.69, 9.17) is 9.47 Å². The van der Waals surface area contributed by atoms with E-state index in [1.807, 2.05) is 0 Å². The molecule has 2 fully saturated rings. The number of ether oxygens (including phenoxy) is 2. The SMILES string of the molecule is COc1cc(N2CCOCC2)ccc1CN1CCC(O)(c2ccccc2F)CC1. The molecule has 0 radical (unpaired) electrons. The molecule has 29 heavy (non-hydrogen) atoms. The second kappa shape index (κ2) is 8.69. The summed E-state index contributed by atoms with van der Waals surface area (Å²) >= 11 is 0. The molecule has 0 bridgehead atoms. The van der Waals surface area contributed by atoms with Crippen molar-refractivity contribution in [1.29, 1.82) is 0 Å². The second-order valence-corrected chi connectivity index (χ2v) is 7.88. The molecule has 5 nitrogen and oxygen atoms in total. The van der Waals surface area contributed by atoms with Crippen LogP contribution < -0.4 is 9.64 Å². The van der Waals surface area contributed by atoms with E-state index >= 15 is 0 Å². The van der Waals surface area contributed by atoms with Gasteiger partial charge < -0.3 is 19.5 Å². The van der Waals surface area contributed by atoms with Gasteiger partial charge in [0, 0.05) is 55.6 Å². The first-order valence-electron chi connectivity index (χ1n) is 10.3. The Balaban J connectivity index is 1.42. The standard InChI is InChI=1S/C23H29FN2O3/c1-28-22-16-19(26-12-14-29-15-13-26)7-6-18(22)17-25-10-8-23(27,9-11-25)20-4-2-3-5-21(20)24/h2-7,16,27H,8-15,17H2,1H3. The lowest BCUT2D eigenvalue weighted by Crippen LogP contribution is -2.42. The summed E-state index contributed by atoms with van der Waals surface area (Å²) in [5.41, 5.74) is 1.60. The van der Waals surface area contributed by atoms with Crippen LogP contribution in [0.1, 0.15) is 24.0 Å². The van der Waals surface area contributed by atoms with Crippen molar-refractivity contribution in [2.24, 2.45) is 0 Å². The molecule has 0 atom stereocenters. The third-order valence-electron chi connectivity index (χ3n) is 6.10. The summed E-state index contributed by atoms with van der Waals surface area (Å²) in [4.78, 5) is 4.60. The topological polar surface area (TPSA) is 45.2 Å². The monoisotopic (exact) mass is 400 g/mol. The number of likely N-dealkylation sites (tertiary alicyclic amines) is 1. The highest BCUT2D eigenvalue weighted by molar-refractivity contribution is 5.54. The summed E-state index contributed by atoms with van der Waals surface area (Å²) in [6, 6.07) is 12.9. The average Bonchev–Trinajstić information content (AvgIpc) is 2.76. The molecule has 0 spiro atoms. The van der Waals surface area contributed by atoms with Crippen molar-refractivity contribution in [2.45, 2.75) is 25.0 Å². The van der Waals surface area contributed by atoms with Gasteiger partial charge >= 0.3 is 0 Å². The van der Waals surface area contributed by atoms with Crippen LogP contribution in [-0.2, 0) is 16.9 Å². The fraction of sp³-hybridized carbons (Fsp3) is 0.478. The Morgan fingerprint density at radius 1 is 1.07 bits per heavy atom. The Labute approximate surface area is 171 Å². The molecule has 4 rings (SSSR count). The van der Waals surface area contributed by atoms with E-state index in [1.54, 1.807) is 25.3 Å². The molecule has 6 heteroatoms. The van der Waals surface area contributed by atoms with Crippen LogP contribution in [-0.4, -0.2) is 56.5 Å². The van der Waals surface area contributed by atoms with E-state index in [9.17, 15) is 9.50 Å². The largest absolute Gasteiger partial charge is 0.496 e. The molecule has 0 aliphatic carbocycles. The van der Waals surface area contributed by atoms with Crippen LogP contribution in [0.15, 0.2) is 42.5 Å². The highest BCUT2D eigenvalue weighted by Gasteiger charge is 2.36. The molecule has 2 heterocycles. The summed E-state index contributed by atoms with van der Waals surface area (Å²) in [7, 11) is 1.70. The van der Waals surface area contributed by atoms with Gasteiger partial charge in [0.25, 0.3) is 0 Å². The van der Waals surface area contributed by atoms with Crippen LogP contribution in [0.5, 0.6) is 5.75 Å². The Hall–Kier alpha value is -2.15. The maximum atomic E-state index is 14.2. The maximum absolute atomic E-state index is 14.2. The molecule has 0 saturated carbocycles. The van der Waals surface area contributed by atoms with Gasteiger partial charge in [-0.3, -0.25) is 4.90 Å². The molecule has 1 N–H and O–H groups in total. The minimum Gasteiger partial charge on any atom is -0.496 e. The van der Waals surface area contributed by atoms with Gasteiger partial charge in [0.05, 0.1) is 25.9 Å². The van der Waals surface area contributed by atoms with E-state index in [2.05, 4.69) is 28.0 Å². The normalized spacial score (nSPS) is 19.9. The number of benzene rings is 2. The molecule has 0 amide bonds. The molecule has 156 valence electrons. The van der Waals surface area contributed by atoms with E-state index in [1.165, 1.54) is 6.07 Å². The number of anilines is 1. The van der Waals surface area contributed by atoms with Crippen LogP contribution in [0.2, 0.25) is 0 Å². The molecular weight excluding hydrogens is 371 g/mol. The quantitative estimate of drug-likeness (QED) is 0.835. The van der Waals surface area contributed by atoms with Gasteiger partial charge in [0.15, 0.2) is 0 Å². The Morgan fingerprint density at radius 2 is 1.79 bits per heavy atom. The van der Waals surface area contributed by atoms with Crippen molar-refractivity contribution in [2.75, 3.05) is 51.4 Å². The predicted octanol–water partition coefficient (Wildman–Crippen LogP) is 3.15.